The Hall–Kier alpha value is -4.17. The summed E-state index contributed by atoms with van der Waals surface area (Å²) in [5.74, 6) is 0.369. The molecule has 4 rings (SSSR count). The highest BCUT2D eigenvalue weighted by Gasteiger charge is 2.13. The number of nitrogens with one attached hydrogen (secondary N) is 3. The largest absolute Gasteiger partial charge is 0.495 e. The number of carbonyl (C=O) groups excluding carboxylic acids is 2. The molecule has 1 aromatic heterocycles. The van der Waals surface area contributed by atoms with Gasteiger partial charge in [-0.05, 0) is 23.8 Å². The Bertz CT molecular complexity index is 1260. The van der Waals surface area contributed by atoms with Crippen LogP contribution in [-0.2, 0) is 11.2 Å². The minimum absolute atomic E-state index is 0.0927. The van der Waals surface area contributed by atoms with Gasteiger partial charge in [-0.25, -0.2) is 9.78 Å². The first-order valence-electron chi connectivity index (χ1n) is 10.2. The molecule has 0 aliphatic rings. The highest BCUT2D eigenvalue weighted by molar-refractivity contribution is 7.14. The lowest BCUT2D eigenvalue weighted by molar-refractivity contribution is -0.115. The number of urea groups is 1. The molecule has 0 radical (unpaired) electrons. The topological polar surface area (TPSA) is 92.3 Å². The van der Waals surface area contributed by atoms with Gasteiger partial charge in [-0.1, -0.05) is 60.7 Å². The molecule has 3 amide bonds. The zero-order valence-corrected chi connectivity index (χ0v) is 18.7. The van der Waals surface area contributed by atoms with E-state index in [-0.39, 0.29) is 12.3 Å². The van der Waals surface area contributed by atoms with Crippen molar-refractivity contribution < 1.29 is 14.3 Å². The van der Waals surface area contributed by atoms with Crippen LogP contribution in [0.25, 0.3) is 11.1 Å². The van der Waals surface area contributed by atoms with E-state index in [1.54, 1.807) is 23.6 Å². The van der Waals surface area contributed by atoms with Crippen molar-refractivity contribution in [2.45, 2.75) is 6.42 Å². The molecule has 0 aliphatic carbocycles. The fourth-order valence-electron chi connectivity index (χ4n) is 3.26. The zero-order valence-electron chi connectivity index (χ0n) is 17.9. The Labute approximate surface area is 195 Å². The number of hydrogen-bond donors (Lipinski definition) is 3. The van der Waals surface area contributed by atoms with Gasteiger partial charge in [-0.3, -0.25) is 10.1 Å². The van der Waals surface area contributed by atoms with E-state index < -0.39 is 6.03 Å². The molecule has 4 aromatic rings. The molecule has 0 unspecified atom stereocenters. The van der Waals surface area contributed by atoms with Gasteiger partial charge in [0, 0.05) is 16.6 Å². The third-order valence-electron chi connectivity index (χ3n) is 4.76. The van der Waals surface area contributed by atoms with Crippen molar-refractivity contribution in [1.29, 1.82) is 0 Å². The molecule has 7 nitrogen and oxygen atoms in total. The van der Waals surface area contributed by atoms with Crippen LogP contribution in [0.3, 0.4) is 0 Å². The van der Waals surface area contributed by atoms with Crippen LogP contribution in [0, 0.1) is 0 Å². The molecule has 1 heterocycles. The number of anilines is 3. The smallest absolute Gasteiger partial charge is 0.325 e. The van der Waals surface area contributed by atoms with Gasteiger partial charge in [-0.15, -0.1) is 11.3 Å². The van der Waals surface area contributed by atoms with E-state index in [2.05, 4.69) is 20.9 Å². The van der Waals surface area contributed by atoms with Crippen molar-refractivity contribution >= 4 is 39.8 Å². The number of ether oxygens (including phenoxy) is 1. The van der Waals surface area contributed by atoms with Crippen LogP contribution in [0.15, 0.2) is 84.2 Å². The molecule has 0 fully saturated rings. The number of benzene rings is 3. The number of carbonyl (C=O) groups is 2. The highest BCUT2D eigenvalue weighted by atomic mass is 32.1. The molecule has 0 spiro atoms. The van der Waals surface area contributed by atoms with Gasteiger partial charge >= 0.3 is 6.03 Å². The normalized spacial score (nSPS) is 10.3. The first kappa shape index (κ1) is 22.0. The van der Waals surface area contributed by atoms with E-state index in [0.717, 1.165) is 16.8 Å². The molecular weight excluding hydrogens is 436 g/mol. The lowest BCUT2D eigenvalue weighted by Crippen LogP contribution is -2.20. The minimum Gasteiger partial charge on any atom is -0.495 e. The first-order chi connectivity index (χ1) is 16.1. The second-order valence-electron chi connectivity index (χ2n) is 7.06. The van der Waals surface area contributed by atoms with Gasteiger partial charge < -0.3 is 15.4 Å². The number of aromatic nitrogens is 1. The van der Waals surface area contributed by atoms with E-state index in [1.165, 1.54) is 18.4 Å². The Kier molecular flexibility index (Phi) is 6.96. The quantitative estimate of drug-likeness (QED) is 0.334. The van der Waals surface area contributed by atoms with Crippen LogP contribution in [-0.4, -0.2) is 24.0 Å². The summed E-state index contributed by atoms with van der Waals surface area (Å²) < 4.78 is 5.23. The second kappa shape index (κ2) is 10.4. The number of nitrogens with zero attached hydrogens (tertiary/aromatic N) is 1. The molecule has 0 saturated heterocycles. The van der Waals surface area contributed by atoms with Gasteiger partial charge in [0.15, 0.2) is 5.13 Å². The van der Waals surface area contributed by atoms with Crippen molar-refractivity contribution in [3.8, 4) is 16.9 Å². The van der Waals surface area contributed by atoms with Crippen LogP contribution in [0.1, 0.15) is 5.69 Å². The molecule has 3 aromatic carbocycles. The molecule has 0 saturated carbocycles. The lowest BCUT2D eigenvalue weighted by Gasteiger charge is -2.11. The number of para-hydroxylation sites is 3. The van der Waals surface area contributed by atoms with Gasteiger partial charge in [0.05, 0.1) is 24.9 Å². The van der Waals surface area contributed by atoms with Crippen LogP contribution in [0.4, 0.5) is 21.3 Å². The third kappa shape index (κ3) is 5.75. The number of methoxy groups -OCH3 is 1. The summed E-state index contributed by atoms with van der Waals surface area (Å²) in [6.07, 6.45) is 0.0927. The van der Waals surface area contributed by atoms with Crippen molar-refractivity contribution in [3.05, 3.63) is 89.9 Å². The Morgan fingerprint density at radius 2 is 1.55 bits per heavy atom. The molecule has 166 valence electrons. The van der Waals surface area contributed by atoms with Crippen molar-refractivity contribution in [2.75, 3.05) is 23.1 Å². The molecule has 3 N–H and O–H groups in total. The van der Waals surface area contributed by atoms with Gasteiger partial charge in [-0.2, -0.15) is 0 Å². The number of amides is 3. The van der Waals surface area contributed by atoms with Crippen LogP contribution >= 0.6 is 11.3 Å². The standard InChI is InChI=1S/C25H22N4O3S/c1-32-22-14-8-7-13-21(22)28-24(31)29-25-26-18(16-33-25)15-23(30)27-20-12-6-5-11-19(20)17-9-3-2-4-10-17/h2-14,16H,15H2,1H3,(H,27,30)(H2,26,28,29,31). The summed E-state index contributed by atoms with van der Waals surface area (Å²) in [4.78, 5) is 29.3. The Morgan fingerprint density at radius 3 is 2.33 bits per heavy atom. The monoisotopic (exact) mass is 458 g/mol. The predicted molar refractivity (Wildman–Crippen MR) is 132 cm³/mol. The van der Waals surface area contributed by atoms with Crippen molar-refractivity contribution in [3.63, 3.8) is 0 Å². The predicted octanol–water partition coefficient (Wildman–Crippen LogP) is 5.64. The third-order valence-corrected chi connectivity index (χ3v) is 5.56. The van der Waals surface area contributed by atoms with E-state index in [1.807, 2.05) is 60.7 Å². The van der Waals surface area contributed by atoms with Crippen LogP contribution < -0.4 is 20.7 Å². The lowest BCUT2D eigenvalue weighted by atomic mass is 10.0. The Morgan fingerprint density at radius 1 is 0.848 bits per heavy atom. The zero-order chi connectivity index (χ0) is 23.0. The van der Waals surface area contributed by atoms with E-state index >= 15 is 0 Å². The van der Waals surface area contributed by atoms with Crippen LogP contribution in [0.5, 0.6) is 5.75 Å². The van der Waals surface area contributed by atoms with E-state index in [9.17, 15) is 9.59 Å². The Balaban J connectivity index is 1.36. The van der Waals surface area contributed by atoms with Crippen LogP contribution in [0.2, 0.25) is 0 Å². The van der Waals surface area contributed by atoms with Gasteiger partial charge in [0.2, 0.25) is 5.91 Å². The van der Waals surface area contributed by atoms with Gasteiger partial charge in [0.25, 0.3) is 0 Å². The van der Waals surface area contributed by atoms with Crippen molar-refractivity contribution in [1.82, 2.24) is 4.98 Å². The molecule has 33 heavy (non-hydrogen) atoms. The number of thiazole rings is 1. The number of rotatable bonds is 7. The number of hydrogen-bond acceptors (Lipinski definition) is 5. The maximum atomic E-state index is 12.6. The summed E-state index contributed by atoms with van der Waals surface area (Å²) >= 11 is 1.25. The fraction of sp³-hybridized carbons (Fsp3) is 0.0800. The molecule has 0 aliphatic heterocycles. The van der Waals surface area contributed by atoms with E-state index in [4.69, 9.17) is 4.74 Å². The molecule has 0 bridgehead atoms. The maximum absolute atomic E-state index is 12.6. The fourth-order valence-corrected chi connectivity index (χ4v) is 3.97. The minimum atomic E-state index is -0.443. The van der Waals surface area contributed by atoms with Gasteiger partial charge in [0.1, 0.15) is 5.75 Å². The summed E-state index contributed by atoms with van der Waals surface area (Å²) in [6, 6.07) is 24.2. The first-order valence-corrected chi connectivity index (χ1v) is 11.1. The molecular formula is C25H22N4O3S. The second-order valence-corrected chi connectivity index (χ2v) is 7.92. The highest BCUT2D eigenvalue weighted by Crippen LogP contribution is 2.28. The molecule has 8 heteroatoms. The summed E-state index contributed by atoms with van der Waals surface area (Å²) in [5, 5.41) is 10.5. The molecule has 0 atom stereocenters. The summed E-state index contributed by atoms with van der Waals surface area (Å²) in [5.41, 5.74) is 3.82. The van der Waals surface area contributed by atoms with Crippen molar-refractivity contribution in [2.24, 2.45) is 0 Å². The maximum Gasteiger partial charge on any atom is 0.325 e. The summed E-state index contributed by atoms with van der Waals surface area (Å²) in [7, 11) is 1.54. The van der Waals surface area contributed by atoms with E-state index in [0.29, 0.717) is 22.3 Å². The average molecular weight is 459 g/mol. The summed E-state index contributed by atoms with van der Waals surface area (Å²) in [6.45, 7) is 0. The average Bonchev–Trinajstić information content (AvgIpc) is 3.26. The SMILES string of the molecule is COc1ccccc1NC(=O)Nc1nc(CC(=O)Nc2ccccc2-c2ccccc2)cs1.